The average Bonchev–Trinajstić information content (AvgIpc) is 3.09. The van der Waals surface area contributed by atoms with E-state index in [9.17, 15) is 4.79 Å². The minimum Gasteiger partial charge on any atom is -0.268 e. The van der Waals surface area contributed by atoms with Crippen LogP contribution in [-0.2, 0) is 6.54 Å². The lowest BCUT2D eigenvalue weighted by Gasteiger charge is -2.05. The zero-order valence-electron chi connectivity index (χ0n) is 12.3. The summed E-state index contributed by atoms with van der Waals surface area (Å²) in [5.41, 5.74) is 4.73. The number of nitrogens with zero attached hydrogens (tertiary/aromatic N) is 4. The van der Waals surface area contributed by atoms with Crippen LogP contribution in [0.4, 0.5) is 0 Å². The van der Waals surface area contributed by atoms with E-state index < -0.39 is 0 Å². The molecule has 6 heteroatoms. The third kappa shape index (κ3) is 4.10. The SMILES string of the molecule is O=C(N/N=C\c1ccccn1)c1cccc(Cn2cccn2)c1. The van der Waals surface area contributed by atoms with E-state index in [0.717, 1.165) is 5.56 Å². The maximum absolute atomic E-state index is 12.1. The molecule has 6 nitrogen and oxygen atoms in total. The van der Waals surface area contributed by atoms with E-state index in [1.165, 1.54) is 6.21 Å². The van der Waals surface area contributed by atoms with Crippen molar-refractivity contribution in [2.75, 3.05) is 0 Å². The summed E-state index contributed by atoms with van der Waals surface area (Å²) in [6, 6.07) is 14.7. The van der Waals surface area contributed by atoms with Gasteiger partial charge in [-0.2, -0.15) is 10.2 Å². The zero-order chi connectivity index (χ0) is 15.9. The number of carbonyl (C=O) groups is 1. The van der Waals surface area contributed by atoms with Crippen LogP contribution in [0, 0.1) is 0 Å². The van der Waals surface area contributed by atoms with Crippen molar-refractivity contribution in [1.82, 2.24) is 20.2 Å². The van der Waals surface area contributed by atoms with Crippen molar-refractivity contribution >= 4 is 12.1 Å². The molecular weight excluding hydrogens is 290 g/mol. The number of nitrogens with one attached hydrogen (secondary N) is 1. The van der Waals surface area contributed by atoms with E-state index in [0.29, 0.717) is 17.8 Å². The van der Waals surface area contributed by atoms with Crippen LogP contribution in [0.1, 0.15) is 21.6 Å². The van der Waals surface area contributed by atoms with Crippen molar-refractivity contribution < 1.29 is 4.79 Å². The normalized spacial score (nSPS) is 10.8. The van der Waals surface area contributed by atoms with E-state index in [1.807, 2.05) is 42.6 Å². The molecule has 0 fully saturated rings. The highest BCUT2D eigenvalue weighted by Crippen LogP contribution is 2.07. The summed E-state index contributed by atoms with van der Waals surface area (Å²) in [6.07, 6.45) is 6.78. The Kier molecular flexibility index (Phi) is 4.54. The van der Waals surface area contributed by atoms with E-state index in [-0.39, 0.29) is 5.91 Å². The van der Waals surface area contributed by atoms with Crippen molar-refractivity contribution in [2.45, 2.75) is 6.54 Å². The van der Waals surface area contributed by atoms with Crippen LogP contribution in [0.2, 0.25) is 0 Å². The van der Waals surface area contributed by atoms with Crippen LogP contribution in [0.15, 0.2) is 72.2 Å². The number of carbonyl (C=O) groups excluding carboxylic acids is 1. The molecule has 3 rings (SSSR count). The van der Waals surface area contributed by atoms with Gasteiger partial charge in [-0.05, 0) is 35.9 Å². The van der Waals surface area contributed by atoms with Gasteiger partial charge in [0.1, 0.15) is 0 Å². The topological polar surface area (TPSA) is 72.2 Å². The van der Waals surface area contributed by atoms with Gasteiger partial charge in [-0.25, -0.2) is 5.43 Å². The molecule has 3 aromatic rings. The Balaban J connectivity index is 1.64. The fraction of sp³-hybridized carbons (Fsp3) is 0.0588. The lowest BCUT2D eigenvalue weighted by Crippen LogP contribution is -2.18. The summed E-state index contributed by atoms with van der Waals surface area (Å²) in [7, 11) is 0. The standard InChI is InChI=1S/C17H15N5O/c23-17(21-19-12-16-7-1-2-8-18-16)15-6-3-5-14(11-15)13-22-10-4-9-20-22/h1-12H,13H2,(H,21,23)/b19-12-. The number of hydrogen-bond acceptors (Lipinski definition) is 4. The lowest BCUT2D eigenvalue weighted by molar-refractivity contribution is 0.0955. The first-order chi connectivity index (χ1) is 11.3. The number of amides is 1. The molecule has 1 aromatic carbocycles. The molecular formula is C17H15N5O. The third-order valence-corrected chi connectivity index (χ3v) is 3.14. The maximum Gasteiger partial charge on any atom is 0.271 e. The minimum absolute atomic E-state index is 0.264. The van der Waals surface area contributed by atoms with Gasteiger partial charge >= 0.3 is 0 Å². The van der Waals surface area contributed by atoms with Gasteiger partial charge in [0.05, 0.1) is 18.5 Å². The predicted octanol–water partition coefficient (Wildman–Crippen LogP) is 2.09. The molecule has 0 bridgehead atoms. The highest BCUT2D eigenvalue weighted by atomic mass is 16.2. The molecule has 1 N–H and O–H groups in total. The molecule has 0 aliphatic heterocycles. The molecule has 0 saturated carbocycles. The molecule has 1 amide bonds. The van der Waals surface area contributed by atoms with Crippen LogP contribution in [0.3, 0.4) is 0 Å². The van der Waals surface area contributed by atoms with Crippen LogP contribution in [-0.4, -0.2) is 26.9 Å². The molecule has 0 saturated heterocycles. The quantitative estimate of drug-likeness (QED) is 0.579. The van der Waals surface area contributed by atoms with Gasteiger partial charge in [0, 0.05) is 24.2 Å². The maximum atomic E-state index is 12.1. The second-order valence-corrected chi connectivity index (χ2v) is 4.86. The Labute approximate surface area is 133 Å². The smallest absolute Gasteiger partial charge is 0.268 e. The molecule has 0 aliphatic carbocycles. The summed E-state index contributed by atoms with van der Waals surface area (Å²) in [6.45, 7) is 0.616. The van der Waals surface area contributed by atoms with Gasteiger partial charge in [-0.1, -0.05) is 18.2 Å². The van der Waals surface area contributed by atoms with Gasteiger partial charge < -0.3 is 0 Å². The second kappa shape index (κ2) is 7.13. The molecule has 0 spiro atoms. The molecule has 23 heavy (non-hydrogen) atoms. The number of hydrogen-bond donors (Lipinski definition) is 1. The predicted molar refractivity (Wildman–Crippen MR) is 87.1 cm³/mol. The van der Waals surface area contributed by atoms with Crippen LogP contribution >= 0.6 is 0 Å². The van der Waals surface area contributed by atoms with E-state index in [1.54, 1.807) is 29.2 Å². The molecule has 2 heterocycles. The van der Waals surface area contributed by atoms with E-state index in [4.69, 9.17) is 0 Å². The van der Waals surface area contributed by atoms with E-state index in [2.05, 4.69) is 20.6 Å². The Morgan fingerprint density at radius 3 is 2.91 bits per heavy atom. The van der Waals surface area contributed by atoms with Crippen molar-refractivity contribution in [2.24, 2.45) is 5.10 Å². The first-order valence-corrected chi connectivity index (χ1v) is 7.12. The number of rotatable bonds is 5. The summed E-state index contributed by atoms with van der Waals surface area (Å²) >= 11 is 0. The van der Waals surface area contributed by atoms with Gasteiger partial charge in [-0.3, -0.25) is 14.5 Å². The van der Waals surface area contributed by atoms with E-state index >= 15 is 0 Å². The largest absolute Gasteiger partial charge is 0.271 e. The third-order valence-electron chi connectivity index (χ3n) is 3.14. The number of pyridine rings is 1. The fourth-order valence-electron chi connectivity index (χ4n) is 2.07. The number of hydrazone groups is 1. The monoisotopic (exact) mass is 305 g/mol. The molecule has 114 valence electrons. The molecule has 0 radical (unpaired) electrons. The fourth-order valence-corrected chi connectivity index (χ4v) is 2.07. The summed E-state index contributed by atoms with van der Waals surface area (Å²) in [4.78, 5) is 16.2. The van der Waals surface area contributed by atoms with Crippen molar-refractivity contribution in [3.8, 4) is 0 Å². The molecule has 2 aromatic heterocycles. The first-order valence-electron chi connectivity index (χ1n) is 7.12. The summed E-state index contributed by atoms with van der Waals surface area (Å²) in [5.74, 6) is -0.264. The molecule has 0 atom stereocenters. The van der Waals surface area contributed by atoms with Gasteiger partial charge in [0.2, 0.25) is 0 Å². The number of aromatic nitrogens is 3. The van der Waals surface area contributed by atoms with Gasteiger partial charge in [0.25, 0.3) is 5.91 Å². The Morgan fingerprint density at radius 2 is 2.13 bits per heavy atom. The van der Waals surface area contributed by atoms with Crippen LogP contribution in [0.25, 0.3) is 0 Å². The highest BCUT2D eigenvalue weighted by Gasteiger charge is 2.05. The Hall–Kier alpha value is -3.28. The Bertz CT molecular complexity index is 797. The summed E-state index contributed by atoms with van der Waals surface area (Å²) < 4.78 is 1.80. The number of benzene rings is 1. The molecule has 0 aliphatic rings. The Morgan fingerprint density at radius 1 is 1.17 bits per heavy atom. The van der Waals surface area contributed by atoms with Crippen molar-refractivity contribution in [3.63, 3.8) is 0 Å². The zero-order valence-corrected chi connectivity index (χ0v) is 12.3. The average molecular weight is 305 g/mol. The lowest BCUT2D eigenvalue weighted by atomic mass is 10.1. The van der Waals surface area contributed by atoms with Crippen molar-refractivity contribution in [3.05, 3.63) is 83.9 Å². The highest BCUT2D eigenvalue weighted by molar-refractivity contribution is 5.94. The summed E-state index contributed by atoms with van der Waals surface area (Å²) in [5, 5.41) is 8.07. The van der Waals surface area contributed by atoms with Crippen LogP contribution < -0.4 is 5.43 Å². The first kappa shape index (κ1) is 14.6. The second-order valence-electron chi connectivity index (χ2n) is 4.86. The van der Waals surface area contributed by atoms with Crippen LogP contribution in [0.5, 0.6) is 0 Å². The van der Waals surface area contributed by atoms with Gasteiger partial charge in [-0.15, -0.1) is 0 Å². The molecule has 0 unspecified atom stereocenters. The minimum atomic E-state index is -0.264. The van der Waals surface area contributed by atoms with Gasteiger partial charge in [0.15, 0.2) is 0 Å². The van der Waals surface area contributed by atoms with Crippen molar-refractivity contribution in [1.29, 1.82) is 0 Å².